The minimum Gasteiger partial charge on any atom is -0.383 e. The monoisotopic (exact) mass is 263 g/mol. The van der Waals surface area contributed by atoms with Crippen LogP contribution in [0.15, 0.2) is 6.07 Å². The van der Waals surface area contributed by atoms with Crippen LogP contribution in [-0.4, -0.2) is 22.7 Å². The number of rotatable bonds is 3. The topological polar surface area (TPSA) is 61.0 Å². The van der Waals surface area contributed by atoms with Crippen molar-refractivity contribution in [1.82, 2.24) is 9.97 Å². The van der Waals surface area contributed by atoms with Crippen LogP contribution in [-0.2, 0) is 17.6 Å². The van der Waals surface area contributed by atoms with Crippen molar-refractivity contribution in [3.63, 3.8) is 0 Å². The maximum Gasteiger partial charge on any atom is 0.135 e. The number of ether oxygens (including phenoxy) is 1. The van der Waals surface area contributed by atoms with Crippen LogP contribution in [0.3, 0.4) is 0 Å². The van der Waals surface area contributed by atoms with E-state index in [1.54, 1.807) is 11.3 Å². The van der Waals surface area contributed by atoms with E-state index in [-0.39, 0.29) is 6.10 Å². The van der Waals surface area contributed by atoms with Crippen molar-refractivity contribution in [2.45, 2.75) is 38.7 Å². The summed E-state index contributed by atoms with van der Waals surface area (Å²) in [7, 11) is 0. The maximum absolute atomic E-state index is 6.01. The molecule has 0 saturated carbocycles. The van der Waals surface area contributed by atoms with Gasteiger partial charge in [-0.15, -0.1) is 11.3 Å². The molecule has 1 aliphatic rings. The zero-order chi connectivity index (χ0) is 12.5. The van der Waals surface area contributed by atoms with Crippen molar-refractivity contribution < 1.29 is 4.74 Å². The van der Waals surface area contributed by atoms with Crippen molar-refractivity contribution in [3.05, 3.63) is 16.8 Å². The lowest BCUT2D eigenvalue weighted by molar-refractivity contribution is 0.110. The largest absolute Gasteiger partial charge is 0.383 e. The first-order valence-electron chi connectivity index (χ1n) is 6.42. The molecule has 18 heavy (non-hydrogen) atoms. The lowest BCUT2D eigenvalue weighted by Gasteiger charge is -2.08. The average molecular weight is 263 g/mol. The molecule has 1 atom stereocenters. The van der Waals surface area contributed by atoms with Crippen molar-refractivity contribution in [3.8, 4) is 0 Å². The summed E-state index contributed by atoms with van der Waals surface area (Å²) in [5.74, 6) is 1.42. The molecule has 2 N–H and O–H groups in total. The molecule has 0 amide bonds. The second-order valence-electron chi connectivity index (χ2n) is 4.65. The van der Waals surface area contributed by atoms with Crippen LogP contribution in [0, 0.1) is 0 Å². The highest BCUT2D eigenvalue weighted by molar-refractivity contribution is 7.18. The van der Waals surface area contributed by atoms with Crippen LogP contribution in [0.5, 0.6) is 0 Å². The van der Waals surface area contributed by atoms with Gasteiger partial charge in [-0.1, -0.05) is 6.92 Å². The number of thiophene rings is 1. The molecule has 5 heteroatoms. The molecule has 0 bridgehead atoms. The summed E-state index contributed by atoms with van der Waals surface area (Å²) in [5, 5.41) is 0.993. The van der Waals surface area contributed by atoms with Gasteiger partial charge in [-0.2, -0.15) is 0 Å². The van der Waals surface area contributed by atoms with E-state index in [1.807, 2.05) is 0 Å². The molecule has 3 heterocycles. The Morgan fingerprint density at radius 2 is 2.39 bits per heavy atom. The predicted octanol–water partition coefficient (Wildman–Crippen LogP) is 2.56. The highest BCUT2D eigenvalue weighted by Crippen LogP contribution is 2.28. The normalized spacial score (nSPS) is 19.7. The summed E-state index contributed by atoms with van der Waals surface area (Å²) in [4.78, 5) is 11.3. The molecule has 0 spiro atoms. The number of nitrogen functional groups attached to an aromatic ring is 1. The van der Waals surface area contributed by atoms with Crippen molar-refractivity contribution in [2.24, 2.45) is 0 Å². The standard InChI is InChI=1S/C13H17N3OS/c1-2-9-7-10-12(14)15-11(16-13(10)18-9)6-8-4-3-5-17-8/h7-8H,2-6H2,1H3,(H2,14,15,16). The van der Waals surface area contributed by atoms with Crippen molar-refractivity contribution in [1.29, 1.82) is 0 Å². The number of nitrogens with zero attached hydrogens (tertiary/aromatic N) is 2. The van der Waals surface area contributed by atoms with Gasteiger partial charge in [0.2, 0.25) is 0 Å². The first kappa shape index (κ1) is 11.9. The first-order chi connectivity index (χ1) is 8.76. The number of fused-ring (bicyclic) bond motifs is 1. The van der Waals surface area contributed by atoms with E-state index in [1.165, 1.54) is 4.88 Å². The van der Waals surface area contributed by atoms with E-state index in [2.05, 4.69) is 23.0 Å². The van der Waals surface area contributed by atoms with Crippen LogP contribution >= 0.6 is 11.3 Å². The Morgan fingerprint density at radius 3 is 3.11 bits per heavy atom. The van der Waals surface area contributed by atoms with Gasteiger partial charge in [0.15, 0.2) is 0 Å². The van der Waals surface area contributed by atoms with Crippen LogP contribution in [0.2, 0.25) is 0 Å². The van der Waals surface area contributed by atoms with E-state index >= 15 is 0 Å². The summed E-state index contributed by atoms with van der Waals surface area (Å²) >= 11 is 1.71. The van der Waals surface area contributed by atoms with Crippen LogP contribution in [0.1, 0.15) is 30.5 Å². The van der Waals surface area contributed by atoms with Gasteiger partial charge in [0.25, 0.3) is 0 Å². The third-order valence-electron chi connectivity index (χ3n) is 3.30. The number of aromatic nitrogens is 2. The number of hydrogen-bond acceptors (Lipinski definition) is 5. The molecule has 4 nitrogen and oxygen atoms in total. The molecule has 0 aromatic carbocycles. The number of aryl methyl sites for hydroxylation is 1. The number of nitrogens with two attached hydrogens (primary N) is 1. The van der Waals surface area contributed by atoms with E-state index in [9.17, 15) is 0 Å². The van der Waals surface area contributed by atoms with E-state index in [0.29, 0.717) is 5.82 Å². The van der Waals surface area contributed by atoms with Gasteiger partial charge in [0.05, 0.1) is 11.5 Å². The van der Waals surface area contributed by atoms with Gasteiger partial charge in [-0.3, -0.25) is 0 Å². The summed E-state index contributed by atoms with van der Waals surface area (Å²) < 4.78 is 5.62. The fraction of sp³-hybridized carbons (Fsp3) is 0.538. The van der Waals surface area contributed by atoms with E-state index in [4.69, 9.17) is 10.5 Å². The molecule has 0 radical (unpaired) electrons. The Hall–Kier alpha value is -1.20. The molecular formula is C13H17N3OS. The van der Waals surface area contributed by atoms with Gasteiger partial charge < -0.3 is 10.5 Å². The molecule has 1 unspecified atom stereocenters. The molecule has 3 rings (SSSR count). The Bertz CT molecular complexity index is 561. The fourth-order valence-corrected chi connectivity index (χ4v) is 3.31. The highest BCUT2D eigenvalue weighted by Gasteiger charge is 2.18. The van der Waals surface area contributed by atoms with Gasteiger partial charge in [0.1, 0.15) is 16.5 Å². The van der Waals surface area contributed by atoms with E-state index < -0.39 is 0 Å². The Kier molecular flexibility index (Phi) is 3.18. The lowest BCUT2D eigenvalue weighted by atomic mass is 10.2. The van der Waals surface area contributed by atoms with Crippen molar-refractivity contribution >= 4 is 27.4 Å². The molecule has 1 fully saturated rings. The molecule has 0 aliphatic carbocycles. The zero-order valence-electron chi connectivity index (χ0n) is 10.5. The summed E-state index contributed by atoms with van der Waals surface area (Å²) in [6.45, 7) is 3.00. The minimum atomic E-state index is 0.271. The quantitative estimate of drug-likeness (QED) is 0.924. The maximum atomic E-state index is 6.01. The smallest absolute Gasteiger partial charge is 0.135 e. The van der Waals surface area contributed by atoms with Gasteiger partial charge in [0, 0.05) is 17.9 Å². The summed E-state index contributed by atoms with van der Waals surface area (Å²) in [5.41, 5.74) is 6.01. The third kappa shape index (κ3) is 2.20. The Balaban J connectivity index is 1.92. The predicted molar refractivity (Wildman–Crippen MR) is 73.9 cm³/mol. The van der Waals surface area contributed by atoms with Crippen LogP contribution < -0.4 is 5.73 Å². The van der Waals surface area contributed by atoms with Gasteiger partial charge >= 0.3 is 0 Å². The number of anilines is 1. The third-order valence-corrected chi connectivity index (χ3v) is 4.48. The fourth-order valence-electron chi connectivity index (χ4n) is 2.31. The highest BCUT2D eigenvalue weighted by atomic mass is 32.1. The SMILES string of the molecule is CCc1cc2c(N)nc(CC3CCCO3)nc2s1. The van der Waals surface area contributed by atoms with E-state index in [0.717, 1.165) is 48.3 Å². The molecule has 1 saturated heterocycles. The molecular weight excluding hydrogens is 246 g/mol. The second kappa shape index (κ2) is 4.82. The number of hydrogen-bond donors (Lipinski definition) is 1. The first-order valence-corrected chi connectivity index (χ1v) is 7.24. The summed E-state index contributed by atoms with van der Waals surface area (Å²) in [6.07, 6.45) is 4.31. The molecule has 2 aromatic heterocycles. The second-order valence-corrected chi connectivity index (χ2v) is 5.76. The van der Waals surface area contributed by atoms with Crippen LogP contribution in [0.4, 0.5) is 5.82 Å². The zero-order valence-corrected chi connectivity index (χ0v) is 11.3. The summed E-state index contributed by atoms with van der Waals surface area (Å²) in [6, 6.07) is 2.10. The molecule has 2 aromatic rings. The molecule has 1 aliphatic heterocycles. The Labute approximate surface area is 110 Å². The Morgan fingerprint density at radius 1 is 1.50 bits per heavy atom. The average Bonchev–Trinajstić information content (AvgIpc) is 2.97. The van der Waals surface area contributed by atoms with Crippen molar-refractivity contribution in [2.75, 3.05) is 12.3 Å². The minimum absolute atomic E-state index is 0.271. The van der Waals surface area contributed by atoms with Gasteiger partial charge in [-0.25, -0.2) is 9.97 Å². The lowest BCUT2D eigenvalue weighted by Crippen LogP contribution is -2.12. The van der Waals surface area contributed by atoms with Gasteiger partial charge in [-0.05, 0) is 25.3 Å². The molecule has 96 valence electrons. The van der Waals surface area contributed by atoms with Crippen LogP contribution in [0.25, 0.3) is 10.2 Å².